The number of benzene rings is 4. The molecule has 0 aliphatic heterocycles. The van der Waals surface area contributed by atoms with Gasteiger partial charge in [-0.15, -0.1) is 12.4 Å². The Morgan fingerprint density at radius 2 is 0.828 bits per heavy atom. The van der Waals surface area contributed by atoms with Gasteiger partial charge in [0.25, 0.3) is 0 Å². The normalized spacial score (nSPS) is 12.6. The van der Waals surface area contributed by atoms with Crippen molar-refractivity contribution in [2.24, 2.45) is 0 Å². The molecule has 0 fully saturated rings. The molecule has 29 heavy (non-hydrogen) atoms. The topological polar surface area (TPSA) is 9.23 Å². The van der Waals surface area contributed by atoms with Gasteiger partial charge < -0.3 is 0 Å². The molecule has 148 valence electrons. The first-order chi connectivity index (χ1) is 13.9. The molecule has 0 saturated carbocycles. The Morgan fingerprint density at radius 1 is 0.517 bits per heavy atom. The second-order valence-electron chi connectivity index (χ2n) is 6.93. The summed E-state index contributed by atoms with van der Waals surface area (Å²) < 4.78 is 6.33. The molecule has 0 heterocycles. The molecule has 0 bridgehead atoms. The maximum absolute atomic E-state index is 6.33. The molecule has 1 unspecified atom stereocenters. The number of rotatable bonds is 6. The third kappa shape index (κ3) is 4.00. The average molecular weight is 421 g/mol. The zero-order valence-corrected chi connectivity index (χ0v) is 18.3. The molecule has 1 nitrogen and oxygen atoms in total. The number of halogens is 1. The molecular weight excluding hydrogens is 395 g/mol. The van der Waals surface area contributed by atoms with Crippen LogP contribution in [-0.4, -0.2) is 7.11 Å². The predicted octanol–water partition coefficient (Wildman–Crippen LogP) is 5.48. The number of hydrogen-bond donors (Lipinski definition) is 0. The van der Waals surface area contributed by atoms with Crippen molar-refractivity contribution < 1.29 is 4.74 Å². The van der Waals surface area contributed by atoms with Gasteiger partial charge in [-0.1, -0.05) is 0 Å². The molecule has 0 aliphatic carbocycles. The zero-order valence-electron chi connectivity index (χ0n) is 16.4. The van der Waals surface area contributed by atoms with Gasteiger partial charge in [-0.05, 0) is 0 Å². The van der Waals surface area contributed by atoms with Gasteiger partial charge in [0.15, 0.2) is 0 Å². The third-order valence-corrected chi connectivity index (χ3v) is 10.5. The fourth-order valence-electron chi connectivity index (χ4n) is 4.25. The van der Waals surface area contributed by atoms with Crippen LogP contribution >= 0.6 is 19.7 Å². The summed E-state index contributed by atoms with van der Waals surface area (Å²) in [5, 5.41) is 4.05. The molecule has 4 aromatic rings. The maximum Gasteiger partial charge on any atom is -0.147 e. The van der Waals surface area contributed by atoms with E-state index in [1.165, 1.54) is 21.5 Å². The molecule has 0 spiro atoms. The first-order valence-corrected chi connectivity index (χ1v) is 11.7. The molecule has 1 atom stereocenters. The van der Waals surface area contributed by atoms with Gasteiger partial charge in [0.1, 0.15) is 0 Å². The molecule has 0 amide bonds. The quantitative estimate of drug-likeness (QED) is 0.375. The Balaban J connectivity index is 0.00000240. The van der Waals surface area contributed by atoms with Gasteiger partial charge in [0, 0.05) is 0 Å². The van der Waals surface area contributed by atoms with Gasteiger partial charge in [-0.25, -0.2) is 0 Å². The Labute approximate surface area is 180 Å². The first-order valence-electron chi connectivity index (χ1n) is 9.61. The maximum atomic E-state index is 6.33. The standard InChI is InChI=1S/C26H25OP.ClH/c1-27-26(22-14-6-2-7-15-22)28(23-16-8-3-9-17-23,24-18-10-4-11-19-24)25-20-12-5-13-21-25;/h2-21,26,28H,1H3;1H. The van der Waals surface area contributed by atoms with Crippen molar-refractivity contribution in [1.29, 1.82) is 0 Å². The van der Waals surface area contributed by atoms with E-state index >= 15 is 0 Å². The summed E-state index contributed by atoms with van der Waals surface area (Å²) in [6, 6.07) is 43.3. The van der Waals surface area contributed by atoms with E-state index in [4.69, 9.17) is 4.74 Å². The van der Waals surface area contributed by atoms with Crippen LogP contribution in [0, 0.1) is 0 Å². The predicted molar refractivity (Wildman–Crippen MR) is 130 cm³/mol. The molecular formula is C26H26ClOP. The zero-order chi connectivity index (χ0) is 19.2. The fourth-order valence-corrected chi connectivity index (χ4v) is 9.36. The van der Waals surface area contributed by atoms with E-state index in [1.54, 1.807) is 0 Å². The molecule has 0 saturated heterocycles. The Bertz CT molecular complexity index is 895. The third-order valence-electron chi connectivity index (χ3n) is 5.42. The summed E-state index contributed by atoms with van der Waals surface area (Å²) in [6.07, 6.45) is 0. The van der Waals surface area contributed by atoms with Crippen LogP contribution in [0.1, 0.15) is 11.4 Å². The van der Waals surface area contributed by atoms with Crippen molar-refractivity contribution in [2.45, 2.75) is 5.85 Å². The summed E-state index contributed by atoms with van der Waals surface area (Å²) in [7, 11) is -0.675. The summed E-state index contributed by atoms with van der Waals surface area (Å²) in [5.74, 6) is -0.0408. The Kier molecular flexibility index (Phi) is 7.23. The van der Waals surface area contributed by atoms with Crippen LogP contribution in [0.25, 0.3) is 0 Å². The Morgan fingerprint density at radius 3 is 1.14 bits per heavy atom. The Hall–Kier alpha value is -2.44. The van der Waals surface area contributed by atoms with Crippen molar-refractivity contribution >= 4 is 35.6 Å². The van der Waals surface area contributed by atoms with E-state index in [0.717, 1.165) is 0 Å². The number of ether oxygens (including phenoxy) is 1. The van der Waals surface area contributed by atoms with E-state index in [2.05, 4.69) is 121 Å². The SMILES string of the molecule is COC(c1ccccc1)[PH](c1ccccc1)(c1ccccc1)c1ccccc1.Cl. The molecule has 4 rings (SSSR count). The monoisotopic (exact) mass is 420 g/mol. The molecule has 0 radical (unpaired) electrons. The summed E-state index contributed by atoms with van der Waals surface area (Å²) in [5.41, 5.74) is 1.22. The molecule has 0 aromatic heterocycles. The van der Waals surface area contributed by atoms with Crippen molar-refractivity contribution in [3.63, 3.8) is 0 Å². The van der Waals surface area contributed by atoms with E-state index in [0.29, 0.717) is 0 Å². The minimum absolute atomic E-state index is 0. The summed E-state index contributed by atoms with van der Waals surface area (Å²) >= 11 is 0. The minimum Gasteiger partial charge on any atom is -0.147 e. The van der Waals surface area contributed by atoms with Gasteiger partial charge >= 0.3 is 168 Å². The average Bonchev–Trinajstić information content (AvgIpc) is 2.80. The van der Waals surface area contributed by atoms with Gasteiger partial charge in [-0.2, -0.15) is 0 Å². The summed E-state index contributed by atoms with van der Waals surface area (Å²) in [4.78, 5) is 0. The van der Waals surface area contributed by atoms with Crippen LogP contribution < -0.4 is 15.9 Å². The summed E-state index contributed by atoms with van der Waals surface area (Å²) in [6.45, 7) is 0. The van der Waals surface area contributed by atoms with E-state index in [9.17, 15) is 0 Å². The van der Waals surface area contributed by atoms with Crippen molar-refractivity contribution in [1.82, 2.24) is 0 Å². The van der Waals surface area contributed by atoms with Crippen LogP contribution in [0.15, 0.2) is 121 Å². The van der Waals surface area contributed by atoms with Crippen LogP contribution in [0.3, 0.4) is 0 Å². The number of hydrogen-bond acceptors (Lipinski definition) is 1. The second-order valence-corrected chi connectivity index (χ2v) is 10.8. The molecule has 4 aromatic carbocycles. The first kappa shape index (κ1) is 21.3. The number of methoxy groups -OCH3 is 1. The minimum atomic E-state index is -2.52. The van der Waals surface area contributed by atoms with Gasteiger partial charge in [0.2, 0.25) is 0 Å². The smallest absolute Gasteiger partial charge is 0.147 e. The van der Waals surface area contributed by atoms with E-state index in [1.807, 2.05) is 7.11 Å². The fraction of sp³-hybridized carbons (Fsp3) is 0.0769. The van der Waals surface area contributed by atoms with Crippen LogP contribution in [0.5, 0.6) is 0 Å². The van der Waals surface area contributed by atoms with Crippen molar-refractivity contribution in [3.8, 4) is 0 Å². The molecule has 0 aliphatic rings. The largest absolute Gasteiger partial charge is 0.147 e. The van der Waals surface area contributed by atoms with Crippen molar-refractivity contribution in [3.05, 3.63) is 127 Å². The van der Waals surface area contributed by atoms with Gasteiger partial charge in [0.05, 0.1) is 0 Å². The van der Waals surface area contributed by atoms with Gasteiger partial charge in [-0.3, -0.25) is 0 Å². The van der Waals surface area contributed by atoms with E-state index in [-0.39, 0.29) is 18.3 Å². The molecule has 3 heteroatoms. The molecule has 0 N–H and O–H groups in total. The second kappa shape index (κ2) is 9.85. The van der Waals surface area contributed by atoms with Crippen LogP contribution in [-0.2, 0) is 4.74 Å². The van der Waals surface area contributed by atoms with Crippen LogP contribution in [0.2, 0.25) is 0 Å². The van der Waals surface area contributed by atoms with E-state index < -0.39 is 7.26 Å². The van der Waals surface area contributed by atoms with Crippen molar-refractivity contribution in [2.75, 3.05) is 7.11 Å². The van der Waals surface area contributed by atoms with Crippen LogP contribution in [0.4, 0.5) is 0 Å².